The number of carbonyl (C=O) groups excluding carboxylic acids is 1. The van der Waals surface area contributed by atoms with E-state index < -0.39 is 0 Å². The molecule has 3 rings (SSSR count). The molecule has 1 aromatic rings. The summed E-state index contributed by atoms with van der Waals surface area (Å²) in [6.45, 7) is 0.994. The van der Waals surface area contributed by atoms with Gasteiger partial charge in [-0.15, -0.1) is 12.6 Å². The molecule has 2 nitrogen and oxygen atoms in total. The summed E-state index contributed by atoms with van der Waals surface area (Å²) in [5, 5.41) is 0. The van der Waals surface area contributed by atoms with Crippen molar-refractivity contribution in [1.82, 2.24) is 4.90 Å². The van der Waals surface area contributed by atoms with E-state index in [9.17, 15) is 4.79 Å². The predicted molar refractivity (Wildman–Crippen MR) is 74.9 cm³/mol. The van der Waals surface area contributed by atoms with Crippen LogP contribution in [0.5, 0.6) is 0 Å². The third-order valence-electron chi connectivity index (χ3n) is 3.75. The van der Waals surface area contributed by atoms with Gasteiger partial charge in [0.1, 0.15) is 0 Å². The topological polar surface area (TPSA) is 20.3 Å². The van der Waals surface area contributed by atoms with Crippen LogP contribution < -0.4 is 0 Å². The third-order valence-corrected chi connectivity index (χ3v) is 4.05. The number of rotatable bonds is 5. The van der Waals surface area contributed by atoms with E-state index in [1.807, 2.05) is 24.3 Å². The molecule has 0 aliphatic heterocycles. The molecule has 2 fully saturated rings. The van der Waals surface area contributed by atoms with E-state index in [1.165, 1.54) is 25.7 Å². The second kappa shape index (κ2) is 4.96. The quantitative estimate of drug-likeness (QED) is 0.808. The Morgan fingerprint density at radius 2 is 1.83 bits per heavy atom. The fourth-order valence-electron chi connectivity index (χ4n) is 2.31. The first kappa shape index (κ1) is 12.1. The van der Waals surface area contributed by atoms with Gasteiger partial charge >= 0.3 is 0 Å². The van der Waals surface area contributed by atoms with Crippen molar-refractivity contribution in [3.63, 3.8) is 0 Å². The van der Waals surface area contributed by atoms with Gasteiger partial charge in [0, 0.05) is 17.5 Å². The molecule has 0 unspecified atom stereocenters. The smallest absolute Gasteiger partial charge is 0.227 e. The Hall–Kier alpha value is -0.960. The van der Waals surface area contributed by atoms with Crippen LogP contribution in [0, 0.1) is 5.92 Å². The van der Waals surface area contributed by atoms with Gasteiger partial charge in [-0.05, 0) is 49.3 Å². The van der Waals surface area contributed by atoms with Crippen molar-refractivity contribution in [3.05, 3.63) is 29.8 Å². The van der Waals surface area contributed by atoms with Crippen molar-refractivity contribution in [2.45, 2.75) is 43.0 Å². The zero-order valence-corrected chi connectivity index (χ0v) is 11.4. The highest BCUT2D eigenvalue weighted by molar-refractivity contribution is 7.80. The number of hydrogen-bond donors (Lipinski definition) is 1. The molecule has 0 heterocycles. The van der Waals surface area contributed by atoms with Gasteiger partial charge in [0.2, 0.25) is 5.91 Å². The summed E-state index contributed by atoms with van der Waals surface area (Å²) in [4.78, 5) is 15.4. The Morgan fingerprint density at radius 3 is 2.39 bits per heavy atom. The minimum absolute atomic E-state index is 0.302. The second-order valence-electron chi connectivity index (χ2n) is 5.56. The Bertz CT molecular complexity index is 434. The summed E-state index contributed by atoms with van der Waals surface area (Å²) in [6.07, 6.45) is 5.56. The van der Waals surface area contributed by atoms with E-state index in [-0.39, 0.29) is 0 Å². The molecule has 2 saturated carbocycles. The van der Waals surface area contributed by atoms with Crippen LogP contribution in [0.1, 0.15) is 31.2 Å². The molecule has 1 amide bonds. The molecule has 0 aromatic heterocycles. The second-order valence-corrected chi connectivity index (χ2v) is 6.08. The van der Waals surface area contributed by atoms with Crippen LogP contribution in [0.25, 0.3) is 0 Å². The lowest BCUT2D eigenvalue weighted by Crippen LogP contribution is -2.36. The number of benzene rings is 1. The van der Waals surface area contributed by atoms with Crippen LogP contribution in [0.15, 0.2) is 29.2 Å². The van der Waals surface area contributed by atoms with E-state index in [0.717, 1.165) is 22.9 Å². The van der Waals surface area contributed by atoms with Gasteiger partial charge in [-0.25, -0.2) is 0 Å². The highest BCUT2D eigenvalue weighted by atomic mass is 32.1. The average molecular weight is 261 g/mol. The van der Waals surface area contributed by atoms with E-state index in [1.54, 1.807) is 0 Å². The molecule has 0 bridgehead atoms. The van der Waals surface area contributed by atoms with Crippen molar-refractivity contribution >= 4 is 18.5 Å². The summed E-state index contributed by atoms with van der Waals surface area (Å²) in [5.74, 6) is 1.09. The molecule has 0 saturated heterocycles. The Balaban J connectivity index is 1.62. The van der Waals surface area contributed by atoms with Crippen LogP contribution in [0.3, 0.4) is 0 Å². The number of nitrogens with zero attached hydrogens (tertiary/aromatic N) is 1. The highest BCUT2D eigenvalue weighted by Crippen LogP contribution is 2.35. The number of amides is 1. The standard InChI is InChI=1S/C15H19NOS/c17-15(9-11-3-7-14(18)8-4-11)16(13-5-6-13)10-12-1-2-12/h3-4,7-8,12-13,18H,1-2,5-6,9-10H2. The van der Waals surface area contributed by atoms with Gasteiger partial charge in [0.15, 0.2) is 0 Å². The molecule has 2 aliphatic carbocycles. The number of carbonyl (C=O) groups is 1. The maximum absolute atomic E-state index is 12.3. The van der Waals surface area contributed by atoms with Gasteiger partial charge in [-0.2, -0.15) is 0 Å². The highest BCUT2D eigenvalue weighted by Gasteiger charge is 2.36. The van der Waals surface area contributed by atoms with Gasteiger partial charge in [-0.3, -0.25) is 4.79 Å². The number of thiol groups is 1. The Kier molecular flexibility index (Phi) is 3.33. The first-order valence-electron chi connectivity index (χ1n) is 6.80. The normalized spacial score (nSPS) is 18.7. The predicted octanol–water partition coefficient (Wildman–Crippen LogP) is 2.92. The molecule has 18 heavy (non-hydrogen) atoms. The van der Waals surface area contributed by atoms with Crippen molar-refractivity contribution < 1.29 is 4.79 Å². The van der Waals surface area contributed by atoms with Crippen LogP contribution in [0.4, 0.5) is 0 Å². The van der Waals surface area contributed by atoms with Crippen LogP contribution >= 0.6 is 12.6 Å². The fraction of sp³-hybridized carbons (Fsp3) is 0.533. The molecule has 3 heteroatoms. The van der Waals surface area contributed by atoms with Crippen molar-refractivity contribution in [1.29, 1.82) is 0 Å². The fourth-order valence-corrected chi connectivity index (χ4v) is 2.46. The third kappa shape index (κ3) is 3.08. The van der Waals surface area contributed by atoms with Gasteiger partial charge in [0.05, 0.1) is 6.42 Å². The summed E-state index contributed by atoms with van der Waals surface area (Å²) in [5.41, 5.74) is 1.10. The van der Waals surface area contributed by atoms with Crippen molar-refractivity contribution in [2.75, 3.05) is 6.54 Å². The molecule has 0 N–H and O–H groups in total. The minimum Gasteiger partial charge on any atom is -0.339 e. The number of hydrogen-bond acceptors (Lipinski definition) is 2. The Labute approximate surface area is 114 Å². The Morgan fingerprint density at radius 1 is 1.17 bits per heavy atom. The van der Waals surface area contributed by atoms with Gasteiger partial charge < -0.3 is 4.90 Å². The maximum atomic E-state index is 12.3. The molecule has 1 aromatic carbocycles. The average Bonchev–Trinajstić information content (AvgIpc) is 3.23. The monoisotopic (exact) mass is 261 g/mol. The van der Waals surface area contributed by atoms with Crippen LogP contribution in [0.2, 0.25) is 0 Å². The maximum Gasteiger partial charge on any atom is 0.227 e. The van der Waals surface area contributed by atoms with E-state index in [2.05, 4.69) is 17.5 Å². The molecule has 0 atom stereocenters. The molecule has 96 valence electrons. The lowest BCUT2D eigenvalue weighted by molar-refractivity contribution is -0.131. The lowest BCUT2D eigenvalue weighted by Gasteiger charge is -2.22. The molecule has 0 radical (unpaired) electrons. The zero-order chi connectivity index (χ0) is 12.5. The summed E-state index contributed by atoms with van der Waals surface area (Å²) in [6, 6.07) is 8.45. The first-order valence-corrected chi connectivity index (χ1v) is 7.24. The molecule has 0 spiro atoms. The molecular formula is C15H19NOS. The summed E-state index contributed by atoms with van der Waals surface area (Å²) in [7, 11) is 0. The SMILES string of the molecule is O=C(Cc1ccc(S)cc1)N(CC1CC1)C1CC1. The molecular weight excluding hydrogens is 242 g/mol. The lowest BCUT2D eigenvalue weighted by atomic mass is 10.1. The summed E-state index contributed by atoms with van der Waals surface area (Å²) >= 11 is 4.26. The van der Waals surface area contributed by atoms with Gasteiger partial charge in [0.25, 0.3) is 0 Å². The van der Waals surface area contributed by atoms with Gasteiger partial charge in [-0.1, -0.05) is 12.1 Å². The zero-order valence-electron chi connectivity index (χ0n) is 10.5. The van der Waals surface area contributed by atoms with Crippen LogP contribution in [-0.4, -0.2) is 23.4 Å². The van der Waals surface area contributed by atoms with Crippen molar-refractivity contribution in [2.24, 2.45) is 5.92 Å². The van der Waals surface area contributed by atoms with E-state index >= 15 is 0 Å². The van der Waals surface area contributed by atoms with Crippen LogP contribution in [-0.2, 0) is 11.2 Å². The summed E-state index contributed by atoms with van der Waals surface area (Å²) < 4.78 is 0. The van der Waals surface area contributed by atoms with E-state index in [4.69, 9.17) is 0 Å². The van der Waals surface area contributed by atoms with E-state index in [0.29, 0.717) is 18.4 Å². The minimum atomic E-state index is 0.302. The van der Waals surface area contributed by atoms with Crippen molar-refractivity contribution in [3.8, 4) is 0 Å². The first-order chi connectivity index (χ1) is 8.72. The largest absolute Gasteiger partial charge is 0.339 e. The molecule has 2 aliphatic rings.